The summed E-state index contributed by atoms with van der Waals surface area (Å²) >= 11 is 0. The third kappa shape index (κ3) is 27.8. The van der Waals surface area contributed by atoms with E-state index in [0.717, 1.165) is 43.3 Å². The highest BCUT2D eigenvalue weighted by Gasteiger charge is 2.04. The van der Waals surface area contributed by atoms with Gasteiger partial charge in [0, 0.05) is 31.4 Å². The van der Waals surface area contributed by atoms with Gasteiger partial charge in [-0.05, 0) is 25.3 Å². The highest BCUT2D eigenvalue weighted by Crippen LogP contribution is 2.24. The highest BCUT2D eigenvalue weighted by molar-refractivity contribution is 5.40. The monoisotopic (exact) mass is 646 g/mol. The molecule has 270 valence electrons. The Morgan fingerprint density at radius 1 is 0.457 bits per heavy atom. The smallest absolute Gasteiger partial charge is 0.127 e. The molecule has 4 nitrogen and oxygen atoms in total. The van der Waals surface area contributed by atoms with Crippen molar-refractivity contribution in [2.75, 3.05) is 26.9 Å². The summed E-state index contributed by atoms with van der Waals surface area (Å²) in [5.74, 6) is 1.68. The molecular weight excluding hydrogens is 566 g/mol. The molecule has 0 aliphatic heterocycles. The van der Waals surface area contributed by atoms with Gasteiger partial charge in [-0.3, -0.25) is 0 Å². The fourth-order valence-electron chi connectivity index (χ4n) is 6.46. The highest BCUT2D eigenvalue weighted by atomic mass is 16.5. The Labute approximate surface area is 287 Å². The van der Waals surface area contributed by atoms with Crippen molar-refractivity contribution >= 4 is 0 Å². The van der Waals surface area contributed by atoms with E-state index in [9.17, 15) is 0 Å². The number of hydrogen-bond donors (Lipinski definition) is 1. The summed E-state index contributed by atoms with van der Waals surface area (Å²) in [6.07, 6.45) is 41.8. The lowest BCUT2D eigenvalue weighted by molar-refractivity contribution is 0.125. The number of benzene rings is 1. The van der Waals surface area contributed by atoms with E-state index in [4.69, 9.17) is 19.9 Å². The second kappa shape index (κ2) is 35.1. The molecule has 0 aliphatic rings. The van der Waals surface area contributed by atoms with Gasteiger partial charge in [0.25, 0.3) is 0 Å². The molecule has 0 heterocycles. The van der Waals surface area contributed by atoms with Crippen molar-refractivity contribution < 1.29 is 14.2 Å². The van der Waals surface area contributed by atoms with Gasteiger partial charge in [-0.25, -0.2) is 0 Å². The van der Waals surface area contributed by atoms with Crippen molar-refractivity contribution in [1.29, 1.82) is 0 Å². The minimum Gasteiger partial charge on any atom is -0.496 e. The number of unbranched alkanes of at least 4 members (excludes halogenated alkanes) is 28. The molecule has 4 heteroatoms. The van der Waals surface area contributed by atoms with E-state index in [-0.39, 0.29) is 0 Å². The standard InChI is InChI=1S/C42H79NO3/c1-3-4-5-6-7-8-9-10-11-12-13-14-15-16-17-18-21-24-27-30-35-45-36-31-28-25-22-19-20-23-26-29-32-37-46-41-34-33-40(39-43)42(38-41)44-2/h33-34,38H,3-32,35-37,39,43H2,1-2H3. The van der Waals surface area contributed by atoms with E-state index >= 15 is 0 Å². The van der Waals surface area contributed by atoms with E-state index in [0.29, 0.717) is 6.54 Å². The van der Waals surface area contributed by atoms with Gasteiger partial charge < -0.3 is 19.9 Å². The van der Waals surface area contributed by atoms with Crippen LogP contribution in [0.4, 0.5) is 0 Å². The van der Waals surface area contributed by atoms with Crippen molar-refractivity contribution in [3.63, 3.8) is 0 Å². The van der Waals surface area contributed by atoms with E-state index in [1.54, 1.807) is 7.11 Å². The Kier molecular flexibility index (Phi) is 32.6. The fourth-order valence-corrected chi connectivity index (χ4v) is 6.46. The molecule has 0 bridgehead atoms. The predicted octanol–water partition coefficient (Wildman–Crippen LogP) is 13.3. The molecule has 0 unspecified atom stereocenters. The van der Waals surface area contributed by atoms with Crippen LogP contribution in [0.5, 0.6) is 11.5 Å². The number of rotatable bonds is 37. The van der Waals surface area contributed by atoms with Crippen LogP contribution in [0.3, 0.4) is 0 Å². The van der Waals surface area contributed by atoms with Crippen molar-refractivity contribution in [2.45, 2.75) is 206 Å². The van der Waals surface area contributed by atoms with Crippen LogP contribution in [-0.4, -0.2) is 26.9 Å². The van der Waals surface area contributed by atoms with Crippen LogP contribution in [0, 0.1) is 0 Å². The summed E-state index contributed by atoms with van der Waals surface area (Å²) in [6, 6.07) is 5.92. The molecule has 0 atom stereocenters. The number of hydrogen-bond acceptors (Lipinski definition) is 4. The Balaban J connectivity index is 1.67. The summed E-state index contributed by atoms with van der Waals surface area (Å²) in [5, 5.41) is 0. The van der Waals surface area contributed by atoms with Gasteiger partial charge in [-0.2, -0.15) is 0 Å². The zero-order valence-corrected chi connectivity index (χ0v) is 31.1. The van der Waals surface area contributed by atoms with Crippen molar-refractivity contribution in [3.05, 3.63) is 23.8 Å². The summed E-state index contributed by atoms with van der Waals surface area (Å²) < 4.78 is 17.2. The van der Waals surface area contributed by atoms with Crippen molar-refractivity contribution in [1.82, 2.24) is 0 Å². The summed E-state index contributed by atoms with van der Waals surface area (Å²) in [7, 11) is 1.68. The van der Waals surface area contributed by atoms with Crippen LogP contribution in [0.1, 0.15) is 205 Å². The van der Waals surface area contributed by atoms with Gasteiger partial charge in [0.2, 0.25) is 0 Å². The molecule has 0 saturated carbocycles. The Morgan fingerprint density at radius 3 is 1.15 bits per heavy atom. The third-order valence-electron chi connectivity index (χ3n) is 9.57. The predicted molar refractivity (Wildman–Crippen MR) is 201 cm³/mol. The molecule has 1 rings (SSSR count). The molecule has 46 heavy (non-hydrogen) atoms. The maximum Gasteiger partial charge on any atom is 0.127 e. The zero-order valence-electron chi connectivity index (χ0n) is 31.1. The maximum atomic E-state index is 5.89. The lowest BCUT2D eigenvalue weighted by Crippen LogP contribution is -2.02. The molecule has 1 aromatic rings. The van der Waals surface area contributed by atoms with Crippen LogP contribution in [0.2, 0.25) is 0 Å². The molecule has 2 N–H and O–H groups in total. The minimum atomic E-state index is 0.484. The van der Waals surface area contributed by atoms with Gasteiger partial charge in [0.1, 0.15) is 11.5 Å². The zero-order chi connectivity index (χ0) is 33.0. The molecular formula is C42H79NO3. The normalized spacial score (nSPS) is 11.4. The van der Waals surface area contributed by atoms with Crippen LogP contribution in [0.25, 0.3) is 0 Å². The van der Waals surface area contributed by atoms with Crippen LogP contribution < -0.4 is 15.2 Å². The molecule has 0 fully saturated rings. The Morgan fingerprint density at radius 2 is 0.804 bits per heavy atom. The van der Waals surface area contributed by atoms with E-state index in [1.165, 1.54) is 186 Å². The summed E-state index contributed by atoms with van der Waals surface area (Å²) in [4.78, 5) is 0. The molecule has 0 aromatic heterocycles. The van der Waals surface area contributed by atoms with Crippen LogP contribution in [0.15, 0.2) is 18.2 Å². The van der Waals surface area contributed by atoms with Crippen LogP contribution >= 0.6 is 0 Å². The second-order valence-corrected chi connectivity index (χ2v) is 13.9. The first-order chi connectivity index (χ1) is 22.8. The Hall–Kier alpha value is -1.26. The average molecular weight is 646 g/mol. The minimum absolute atomic E-state index is 0.484. The Bertz CT molecular complexity index is 740. The van der Waals surface area contributed by atoms with Gasteiger partial charge in [-0.15, -0.1) is 0 Å². The number of methoxy groups -OCH3 is 1. The van der Waals surface area contributed by atoms with Crippen LogP contribution in [-0.2, 0) is 11.3 Å². The van der Waals surface area contributed by atoms with Gasteiger partial charge in [0.05, 0.1) is 13.7 Å². The van der Waals surface area contributed by atoms with E-state index in [2.05, 4.69) is 6.92 Å². The topological polar surface area (TPSA) is 53.7 Å². The average Bonchev–Trinajstić information content (AvgIpc) is 3.08. The SMILES string of the molecule is CCCCCCCCCCCCCCCCCCCCCCOCCCCCCCCCCCCOc1ccc(CN)c(OC)c1. The van der Waals surface area contributed by atoms with Crippen molar-refractivity contribution in [2.24, 2.45) is 5.73 Å². The first-order valence-corrected chi connectivity index (χ1v) is 20.4. The molecule has 0 radical (unpaired) electrons. The molecule has 0 amide bonds. The lowest BCUT2D eigenvalue weighted by atomic mass is 10.0. The molecule has 0 aliphatic carbocycles. The molecule has 1 aromatic carbocycles. The number of nitrogens with two attached hydrogens (primary N) is 1. The van der Waals surface area contributed by atoms with Gasteiger partial charge >= 0.3 is 0 Å². The third-order valence-corrected chi connectivity index (χ3v) is 9.57. The molecule has 0 spiro atoms. The first kappa shape index (κ1) is 42.8. The van der Waals surface area contributed by atoms with Crippen molar-refractivity contribution in [3.8, 4) is 11.5 Å². The summed E-state index contributed by atoms with van der Waals surface area (Å²) in [6.45, 7) is 5.49. The largest absolute Gasteiger partial charge is 0.496 e. The van der Waals surface area contributed by atoms with Gasteiger partial charge in [0.15, 0.2) is 0 Å². The lowest BCUT2D eigenvalue weighted by Gasteiger charge is -2.10. The van der Waals surface area contributed by atoms with E-state index < -0.39 is 0 Å². The maximum absolute atomic E-state index is 5.89. The first-order valence-electron chi connectivity index (χ1n) is 20.4. The van der Waals surface area contributed by atoms with Gasteiger partial charge in [-0.1, -0.05) is 186 Å². The summed E-state index contributed by atoms with van der Waals surface area (Å²) in [5.41, 5.74) is 6.75. The quantitative estimate of drug-likeness (QED) is 0.0732. The second-order valence-electron chi connectivity index (χ2n) is 13.9. The fraction of sp³-hybridized carbons (Fsp3) is 0.857. The van der Waals surface area contributed by atoms with E-state index in [1.807, 2.05) is 18.2 Å². The number of ether oxygens (including phenoxy) is 3. The molecule has 0 saturated heterocycles.